The first-order valence-corrected chi connectivity index (χ1v) is 16.4. The highest BCUT2D eigenvalue weighted by molar-refractivity contribution is 6.57. The standard InChI is InChI=1S/C37H24Cl4N2O2/c38-31-28-29(32(39)34(41)33(31)40)36(45)23(35(28)44)14-16-27-37(17-4-1-5-18-37)30-21-9-3-2-8-20(21)13-15-26(30)43(27)25-12-6-11-24-22(25)10-7-19-42-24/h2-3,6-16,19H,1,4-5,17-18H2/b27-16-. The topological polar surface area (TPSA) is 50.3 Å². The summed E-state index contributed by atoms with van der Waals surface area (Å²) in [4.78, 5) is 34.4. The molecule has 0 saturated heterocycles. The molecule has 0 bridgehead atoms. The molecule has 3 aliphatic rings. The van der Waals surface area contributed by atoms with Gasteiger partial charge in [0.1, 0.15) is 0 Å². The van der Waals surface area contributed by atoms with E-state index in [0.717, 1.165) is 60.1 Å². The van der Waals surface area contributed by atoms with Gasteiger partial charge in [-0.2, -0.15) is 0 Å². The number of benzene rings is 4. The van der Waals surface area contributed by atoms with E-state index in [1.54, 1.807) is 12.3 Å². The van der Waals surface area contributed by atoms with Crippen LogP contribution < -0.4 is 4.90 Å². The Morgan fingerprint density at radius 3 is 2.09 bits per heavy atom. The average Bonchev–Trinajstić information content (AvgIpc) is 3.48. The largest absolute Gasteiger partial charge is 0.312 e. The number of nitrogens with zero attached hydrogens (tertiary/aromatic N) is 2. The number of halogens is 4. The summed E-state index contributed by atoms with van der Waals surface area (Å²) in [7, 11) is 0. The molecule has 1 spiro atoms. The summed E-state index contributed by atoms with van der Waals surface area (Å²) in [5, 5.41) is 3.17. The first-order valence-electron chi connectivity index (χ1n) is 14.9. The second kappa shape index (κ2) is 10.7. The lowest BCUT2D eigenvalue weighted by Crippen LogP contribution is -2.32. The fraction of sp³-hybridized carbons (Fsp3) is 0.162. The highest BCUT2D eigenvalue weighted by atomic mass is 35.5. The lowest BCUT2D eigenvalue weighted by atomic mass is 9.67. The minimum atomic E-state index is -0.517. The lowest BCUT2D eigenvalue weighted by molar-refractivity contribution is 0.0989. The van der Waals surface area contributed by atoms with Crippen molar-refractivity contribution in [1.29, 1.82) is 0 Å². The number of rotatable bonds is 2. The predicted octanol–water partition coefficient (Wildman–Crippen LogP) is 11.2. The fourth-order valence-corrected chi connectivity index (χ4v) is 8.63. The molecule has 222 valence electrons. The molecule has 0 unspecified atom stereocenters. The zero-order valence-corrected chi connectivity index (χ0v) is 26.9. The molecule has 0 N–H and O–H groups in total. The van der Waals surface area contributed by atoms with Crippen LogP contribution in [-0.4, -0.2) is 16.6 Å². The number of ketones is 2. The molecule has 0 radical (unpaired) electrons. The molecule has 45 heavy (non-hydrogen) atoms. The first kappa shape index (κ1) is 28.8. The maximum Gasteiger partial charge on any atom is 0.199 e. The molecular weight excluding hydrogens is 646 g/mol. The Hall–Kier alpha value is -3.67. The number of aromatic nitrogens is 1. The SMILES string of the molecule is O=C1C(=C/C=C2\N(c3cccc4ncccc34)c3ccc4ccccc4c3C23CCCCC3)C(=O)c2c(Cl)c(Cl)c(Cl)c(Cl)c21. The van der Waals surface area contributed by atoms with E-state index in [1.807, 2.05) is 24.3 Å². The molecule has 0 atom stereocenters. The monoisotopic (exact) mass is 668 g/mol. The van der Waals surface area contributed by atoms with Gasteiger partial charge in [0.2, 0.25) is 0 Å². The summed E-state index contributed by atoms with van der Waals surface area (Å²) < 4.78 is 0. The van der Waals surface area contributed by atoms with Gasteiger partial charge in [-0.15, -0.1) is 0 Å². The Bertz CT molecular complexity index is 2140. The van der Waals surface area contributed by atoms with Gasteiger partial charge < -0.3 is 4.90 Å². The number of anilines is 2. The number of hydrogen-bond donors (Lipinski definition) is 0. The van der Waals surface area contributed by atoms with Crippen LogP contribution in [0, 0.1) is 0 Å². The summed E-state index contributed by atoms with van der Waals surface area (Å²) >= 11 is 25.5. The third kappa shape index (κ3) is 4.09. The highest BCUT2D eigenvalue weighted by Gasteiger charge is 2.49. The van der Waals surface area contributed by atoms with Crippen LogP contribution in [0.3, 0.4) is 0 Å². The fourth-order valence-electron chi connectivity index (χ4n) is 7.60. The Morgan fingerprint density at radius 2 is 1.36 bits per heavy atom. The van der Waals surface area contributed by atoms with Crippen LogP contribution in [-0.2, 0) is 5.41 Å². The van der Waals surface area contributed by atoms with E-state index in [4.69, 9.17) is 46.4 Å². The average molecular weight is 670 g/mol. The van der Waals surface area contributed by atoms with Gasteiger partial charge in [0.05, 0.1) is 53.7 Å². The minimum absolute atomic E-state index is 0.00391. The second-order valence-electron chi connectivity index (χ2n) is 11.8. The first-order chi connectivity index (χ1) is 21.8. The number of hydrogen-bond acceptors (Lipinski definition) is 4. The van der Waals surface area contributed by atoms with E-state index < -0.39 is 11.6 Å². The summed E-state index contributed by atoms with van der Waals surface area (Å²) in [6.07, 6.45) is 10.5. The van der Waals surface area contributed by atoms with E-state index in [2.05, 4.69) is 58.4 Å². The van der Waals surface area contributed by atoms with Crippen LogP contribution in [0.4, 0.5) is 11.4 Å². The van der Waals surface area contributed by atoms with Gasteiger partial charge in [0, 0.05) is 22.7 Å². The van der Waals surface area contributed by atoms with Gasteiger partial charge in [0.15, 0.2) is 11.6 Å². The maximum atomic E-state index is 13.8. The maximum absolute atomic E-state index is 13.8. The molecular formula is C37H24Cl4N2O2. The second-order valence-corrected chi connectivity index (χ2v) is 13.3. The van der Waals surface area contributed by atoms with Gasteiger partial charge in [-0.05, 0) is 71.7 Å². The van der Waals surface area contributed by atoms with Crippen molar-refractivity contribution in [3.63, 3.8) is 0 Å². The van der Waals surface area contributed by atoms with Gasteiger partial charge in [-0.3, -0.25) is 14.6 Å². The molecule has 1 saturated carbocycles. The minimum Gasteiger partial charge on any atom is -0.312 e. The number of pyridine rings is 1. The summed E-state index contributed by atoms with van der Waals surface area (Å²) in [5.41, 5.74) is 4.89. The Balaban J connectivity index is 1.41. The molecule has 5 aromatic rings. The Labute approximate surface area is 279 Å². The van der Waals surface area contributed by atoms with Crippen molar-refractivity contribution < 1.29 is 9.59 Å². The zero-order valence-electron chi connectivity index (χ0n) is 23.8. The molecule has 8 heteroatoms. The van der Waals surface area contributed by atoms with Gasteiger partial charge in [-0.25, -0.2) is 0 Å². The number of Topliss-reactive ketones (excluding diaryl/α,β-unsaturated/α-hetero) is 2. The van der Waals surface area contributed by atoms with Crippen molar-refractivity contribution in [2.45, 2.75) is 37.5 Å². The van der Waals surface area contributed by atoms with Crippen LogP contribution in [0.15, 0.2) is 96.3 Å². The molecule has 1 aromatic heterocycles. The normalized spacial score (nSPS) is 18.0. The molecule has 2 aliphatic carbocycles. The van der Waals surface area contributed by atoms with Crippen molar-refractivity contribution in [2.24, 2.45) is 0 Å². The van der Waals surface area contributed by atoms with Crippen LogP contribution >= 0.6 is 46.4 Å². The van der Waals surface area contributed by atoms with E-state index in [1.165, 1.54) is 16.3 Å². The molecule has 8 rings (SSSR count). The van der Waals surface area contributed by atoms with Crippen LogP contribution in [0.25, 0.3) is 21.7 Å². The number of fused-ring (bicyclic) bond motifs is 6. The van der Waals surface area contributed by atoms with Gasteiger partial charge in [0.25, 0.3) is 0 Å². The Morgan fingerprint density at radius 1 is 0.667 bits per heavy atom. The predicted molar refractivity (Wildman–Crippen MR) is 184 cm³/mol. The van der Waals surface area contributed by atoms with E-state index in [9.17, 15) is 9.59 Å². The van der Waals surface area contributed by atoms with Gasteiger partial charge in [-0.1, -0.05) is 102 Å². The third-order valence-electron chi connectivity index (χ3n) is 9.55. The molecule has 4 nitrogen and oxygen atoms in total. The smallest absolute Gasteiger partial charge is 0.199 e. The van der Waals surface area contributed by atoms with Crippen molar-refractivity contribution >= 4 is 91.0 Å². The van der Waals surface area contributed by atoms with Crippen LogP contribution in [0.5, 0.6) is 0 Å². The molecule has 0 amide bonds. The highest BCUT2D eigenvalue weighted by Crippen LogP contribution is 2.60. The summed E-state index contributed by atoms with van der Waals surface area (Å²) in [6, 6.07) is 23.0. The summed E-state index contributed by atoms with van der Waals surface area (Å²) in [6.45, 7) is 0. The van der Waals surface area contributed by atoms with Crippen molar-refractivity contribution in [1.82, 2.24) is 4.98 Å². The van der Waals surface area contributed by atoms with E-state index >= 15 is 0 Å². The van der Waals surface area contributed by atoms with Crippen LogP contribution in [0.2, 0.25) is 20.1 Å². The lowest BCUT2D eigenvalue weighted by Gasteiger charge is -2.37. The molecule has 2 heterocycles. The molecule has 4 aromatic carbocycles. The summed E-state index contributed by atoms with van der Waals surface area (Å²) in [5.74, 6) is -1.03. The quantitative estimate of drug-likeness (QED) is 0.0812. The third-order valence-corrected chi connectivity index (χ3v) is 11.3. The van der Waals surface area contributed by atoms with Crippen LogP contribution in [0.1, 0.15) is 58.4 Å². The molecule has 1 fully saturated rings. The van der Waals surface area contributed by atoms with E-state index in [0.29, 0.717) is 0 Å². The molecule has 1 aliphatic heterocycles. The Kier molecular flexibility index (Phi) is 6.85. The van der Waals surface area contributed by atoms with E-state index in [-0.39, 0.29) is 42.2 Å². The zero-order chi connectivity index (χ0) is 31.0. The number of carbonyl (C=O) groups excluding carboxylic acids is 2. The van der Waals surface area contributed by atoms with Gasteiger partial charge >= 0.3 is 0 Å². The van der Waals surface area contributed by atoms with Crippen molar-refractivity contribution in [3.8, 4) is 0 Å². The van der Waals surface area contributed by atoms with Crippen molar-refractivity contribution in [2.75, 3.05) is 4.90 Å². The number of allylic oxidation sites excluding steroid dienone is 4. The number of carbonyl (C=O) groups is 2. The van der Waals surface area contributed by atoms with Crippen molar-refractivity contribution in [3.05, 3.63) is 133 Å².